The topological polar surface area (TPSA) is 63.4 Å². The SMILES string of the molecule is CC1C(=O)N(c2cc(Cl)ccc2N)C(=O)C1C. The zero-order chi connectivity index (χ0) is 12.7. The molecular weight excluding hydrogens is 240 g/mol. The normalized spacial score (nSPS) is 24.5. The Labute approximate surface area is 104 Å². The quantitative estimate of drug-likeness (QED) is 0.615. The van der Waals surface area contributed by atoms with Gasteiger partial charge in [0.25, 0.3) is 0 Å². The molecule has 2 atom stereocenters. The fraction of sp³-hybridized carbons (Fsp3) is 0.333. The van der Waals surface area contributed by atoms with E-state index in [9.17, 15) is 9.59 Å². The molecule has 5 heteroatoms. The van der Waals surface area contributed by atoms with Crippen molar-refractivity contribution in [3.8, 4) is 0 Å². The van der Waals surface area contributed by atoms with Gasteiger partial charge in [0.15, 0.2) is 0 Å². The number of halogens is 1. The number of nitrogens with two attached hydrogens (primary N) is 1. The molecule has 4 nitrogen and oxygen atoms in total. The highest BCUT2D eigenvalue weighted by atomic mass is 35.5. The molecule has 1 saturated heterocycles. The van der Waals surface area contributed by atoms with Crippen LogP contribution in [-0.2, 0) is 9.59 Å². The summed E-state index contributed by atoms with van der Waals surface area (Å²) in [5.74, 6) is -1.09. The smallest absolute Gasteiger partial charge is 0.237 e. The standard InChI is InChI=1S/C12H13ClN2O2/c1-6-7(2)12(17)15(11(6)16)10-5-8(13)3-4-9(10)14/h3-7H,14H2,1-2H3. The Balaban J connectivity index is 2.50. The van der Waals surface area contributed by atoms with Crippen molar-refractivity contribution in [1.29, 1.82) is 0 Å². The van der Waals surface area contributed by atoms with Gasteiger partial charge in [0.2, 0.25) is 11.8 Å². The first kappa shape index (κ1) is 11.9. The van der Waals surface area contributed by atoms with Crippen molar-refractivity contribution in [2.75, 3.05) is 10.6 Å². The van der Waals surface area contributed by atoms with E-state index < -0.39 is 0 Å². The van der Waals surface area contributed by atoms with E-state index in [4.69, 9.17) is 17.3 Å². The highest BCUT2D eigenvalue weighted by Gasteiger charge is 2.43. The third-order valence-electron chi connectivity index (χ3n) is 3.20. The average molecular weight is 253 g/mol. The first-order valence-corrected chi connectivity index (χ1v) is 5.74. The summed E-state index contributed by atoms with van der Waals surface area (Å²) in [6.45, 7) is 3.48. The van der Waals surface area contributed by atoms with Gasteiger partial charge in [0.05, 0.1) is 11.4 Å². The zero-order valence-electron chi connectivity index (χ0n) is 9.61. The zero-order valence-corrected chi connectivity index (χ0v) is 10.4. The lowest BCUT2D eigenvalue weighted by Gasteiger charge is -2.17. The van der Waals surface area contributed by atoms with Gasteiger partial charge in [-0.2, -0.15) is 0 Å². The first-order chi connectivity index (χ1) is 7.93. The van der Waals surface area contributed by atoms with Crippen LogP contribution in [0.25, 0.3) is 0 Å². The highest BCUT2D eigenvalue weighted by Crippen LogP contribution is 2.35. The summed E-state index contributed by atoms with van der Waals surface area (Å²) in [5.41, 5.74) is 6.53. The third-order valence-corrected chi connectivity index (χ3v) is 3.44. The lowest BCUT2D eigenvalue weighted by Crippen LogP contribution is -2.31. The number of carbonyl (C=O) groups is 2. The van der Waals surface area contributed by atoms with Crippen LogP contribution in [0.5, 0.6) is 0 Å². The highest BCUT2D eigenvalue weighted by molar-refractivity contribution is 6.31. The number of imide groups is 1. The lowest BCUT2D eigenvalue weighted by atomic mass is 10.00. The number of benzene rings is 1. The van der Waals surface area contributed by atoms with Crippen molar-refractivity contribution in [3.63, 3.8) is 0 Å². The van der Waals surface area contributed by atoms with Crippen LogP contribution in [0.1, 0.15) is 13.8 Å². The third kappa shape index (κ3) is 1.78. The number of rotatable bonds is 1. The second-order valence-corrected chi connectivity index (χ2v) is 4.73. The summed E-state index contributed by atoms with van der Waals surface area (Å²) in [7, 11) is 0. The molecule has 2 N–H and O–H groups in total. The Morgan fingerprint density at radius 1 is 1.18 bits per heavy atom. The van der Waals surface area contributed by atoms with Crippen molar-refractivity contribution >= 4 is 34.8 Å². The molecule has 0 aromatic heterocycles. The van der Waals surface area contributed by atoms with Gasteiger partial charge in [-0.05, 0) is 18.2 Å². The van der Waals surface area contributed by atoms with E-state index in [-0.39, 0.29) is 23.7 Å². The number of nitrogens with zero attached hydrogens (tertiary/aromatic N) is 1. The van der Waals surface area contributed by atoms with Crippen molar-refractivity contribution in [3.05, 3.63) is 23.2 Å². The molecule has 0 radical (unpaired) electrons. The second kappa shape index (κ2) is 4.04. The van der Waals surface area contributed by atoms with Gasteiger partial charge in [-0.1, -0.05) is 25.4 Å². The van der Waals surface area contributed by atoms with Crippen LogP contribution in [0.3, 0.4) is 0 Å². The summed E-state index contributed by atoms with van der Waals surface area (Å²) >= 11 is 5.86. The number of hydrogen-bond donors (Lipinski definition) is 1. The molecule has 1 fully saturated rings. The Kier molecular flexibility index (Phi) is 2.83. The number of carbonyl (C=O) groups excluding carboxylic acids is 2. The summed E-state index contributed by atoms with van der Waals surface area (Å²) in [5, 5.41) is 0.446. The van der Waals surface area contributed by atoms with E-state index in [1.54, 1.807) is 26.0 Å². The van der Waals surface area contributed by atoms with Crippen LogP contribution in [0, 0.1) is 11.8 Å². The van der Waals surface area contributed by atoms with Gasteiger partial charge in [0, 0.05) is 16.9 Å². The summed E-state index contributed by atoms with van der Waals surface area (Å²) in [4.78, 5) is 25.1. The molecule has 1 aromatic rings. The van der Waals surface area contributed by atoms with Crippen molar-refractivity contribution < 1.29 is 9.59 Å². The largest absolute Gasteiger partial charge is 0.397 e. The van der Waals surface area contributed by atoms with Crippen molar-refractivity contribution in [2.24, 2.45) is 11.8 Å². The molecule has 2 rings (SSSR count). The fourth-order valence-electron chi connectivity index (χ4n) is 1.89. The monoisotopic (exact) mass is 252 g/mol. The maximum Gasteiger partial charge on any atom is 0.237 e. The van der Waals surface area contributed by atoms with E-state index in [2.05, 4.69) is 0 Å². The Morgan fingerprint density at radius 2 is 1.71 bits per heavy atom. The van der Waals surface area contributed by atoms with E-state index in [0.717, 1.165) is 4.90 Å². The summed E-state index contributed by atoms with van der Waals surface area (Å²) < 4.78 is 0. The van der Waals surface area contributed by atoms with Gasteiger partial charge in [-0.25, -0.2) is 4.90 Å². The Hall–Kier alpha value is -1.55. The molecule has 1 aromatic carbocycles. The van der Waals surface area contributed by atoms with Crippen LogP contribution >= 0.6 is 11.6 Å². The molecule has 0 saturated carbocycles. The van der Waals surface area contributed by atoms with Crippen LogP contribution in [0.4, 0.5) is 11.4 Å². The molecule has 0 bridgehead atoms. The summed E-state index contributed by atoms with van der Waals surface area (Å²) in [6.07, 6.45) is 0. The minimum atomic E-state index is -0.319. The van der Waals surface area contributed by atoms with Gasteiger partial charge in [0.1, 0.15) is 0 Å². The fourth-order valence-corrected chi connectivity index (χ4v) is 2.06. The minimum Gasteiger partial charge on any atom is -0.397 e. The molecule has 1 aliphatic heterocycles. The number of nitrogen functional groups attached to an aromatic ring is 1. The predicted octanol–water partition coefficient (Wildman–Crippen LogP) is 2.07. The van der Waals surface area contributed by atoms with Gasteiger partial charge >= 0.3 is 0 Å². The van der Waals surface area contributed by atoms with Crippen molar-refractivity contribution in [1.82, 2.24) is 0 Å². The molecule has 0 aliphatic carbocycles. The maximum atomic E-state index is 12.0. The molecule has 17 heavy (non-hydrogen) atoms. The molecule has 2 amide bonds. The molecule has 1 heterocycles. The number of amides is 2. The van der Waals surface area contributed by atoms with Gasteiger partial charge in [-0.15, -0.1) is 0 Å². The van der Waals surface area contributed by atoms with E-state index >= 15 is 0 Å². The predicted molar refractivity (Wildman–Crippen MR) is 66.7 cm³/mol. The molecule has 0 spiro atoms. The van der Waals surface area contributed by atoms with Crippen LogP contribution in [0.2, 0.25) is 5.02 Å². The van der Waals surface area contributed by atoms with E-state index in [0.29, 0.717) is 16.4 Å². The molecule has 2 unspecified atom stereocenters. The Morgan fingerprint density at radius 3 is 2.24 bits per heavy atom. The minimum absolute atomic E-state index is 0.225. The van der Waals surface area contributed by atoms with Gasteiger partial charge < -0.3 is 5.73 Å². The second-order valence-electron chi connectivity index (χ2n) is 4.29. The van der Waals surface area contributed by atoms with E-state index in [1.165, 1.54) is 6.07 Å². The van der Waals surface area contributed by atoms with Crippen molar-refractivity contribution in [2.45, 2.75) is 13.8 Å². The van der Waals surface area contributed by atoms with Crippen LogP contribution in [-0.4, -0.2) is 11.8 Å². The molecular formula is C12H13ClN2O2. The average Bonchev–Trinajstić information content (AvgIpc) is 2.48. The Bertz CT molecular complexity index is 481. The first-order valence-electron chi connectivity index (χ1n) is 5.36. The lowest BCUT2D eigenvalue weighted by molar-refractivity contribution is -0.122. The number of anilines is 2. The van der Waals surface area contributed by atoms with Gasteiger partial charge in [-0.3, -0.25) is 9.59 Å². The van der Waals surface area contributed by atoms with Crippen LogP contribution in [0.15, 0.2) is 18.2 Å². The van der Waals surface area contributed by atoms with Crippen LogP contribution < -0.4 is 10.6 Å². The van der Waals surface area contributed by atoms with E-state index in [1.807, 2.05) is 0 Å². The summed E-state index contributed by atoms with van der Waals surface area (Å²) in [6, 6.07) is 4.75. The maximum absolute atomic E-state index is 12.0. The molecule has 90 valence electrons. The number of hydrogen-bond acceptors (Lipinski definition) is 3. The molecule has 1 aliphatic rings.